The predicted molar refractivity (Wildman–Crippen MR) is 138 cm³/mol. The van der Waals surface area contributed by atoms with Gasteiger partial charge in [-0.25, -0.2) is 4.79 Å². The molecule has 3 rings (SSSR count). The van der Waals surface area contributed by atoms with Gasteiger partial charge in [0.1, 0.15) is 5.75 Å². The summed E-state index contributed by atoms with van der Waals surface area (Å²) < 4.78 is 15.2. The Balaban J connectivity index is 1.40. The van der Waals surface area contributed by atoms with E-state index in [2.05, 4.69) is 5.32 Å². The number of methoxy groups -OCH3 is 1. The van der Waals surface area contributed by atoms with Crippen molar-refractivity contribution in [1.29, 1.82) is 0 Å². The summed E-state index contributed by atoms with van der Waals surface area (Å²) in [7, 11) is 1.51. The first-order valence-electron chi connectivity index (χ1n) is 11.8. The fourth-order valence-corrected chi connectivity index (χ4v) is 3.33. The average molecular weight is 518 g/mol. The van der Waals surface area contributed by atoms with Crippen LogP contribution < -0.4 is 10.1 Å². The number of rotatable bonds is 12. The highest BCUT2D eigenvalue weighted by Gasteiger charge is 2.20. The van der Waals surface area contributed by atoms with E-state index in [-0.39, 0.29) is 30.0 Å². The molecule has 9 heteroatoms. The van der Waals surface area contributed by atoms with Gasteiger partial charge in [0.15, 0.2) is 18.5 Å². The Kier molecular flexibility index (Phi) is 9.87. The molecule has 0 saturated heterocycles. The minimum atomic E-state index is -0.962. The van der Waals surface area contributed by atoms with Crippen LogP contribution in [0.25, 0.3) is 0 Å². The molecule has 3 aromatic rings. The molecular formula is C29H27NO8. The molecule has 0 saturated carbocycles. The summed E-state index contributed by atoms with van der Waals surface area (Å²) in [5.41, 5.74) is 1.43. The van der Waals surface area contributed by atoms with Gasteiger partial charge in [0, 0.05) is 23.2 Å². The summed E-state index contributed by atoms with van der Waals surface area (Å²) in [6, 6.07) is 20.8. The van der Waals surface area contributed by atoms with Crippen molar-refractivity contribution >= 4 is 35.1 Å². The van der Waals surface area contributed by atoms with E-state index in [0.29, 0.717) is 22.6 Å². The van der Waals surface area contributed by atoms with Crippen LogP contribution in [0.3, 0.4) is 0 Å². The highest BCUT2D eigenvalue weighted by molar-refractivity contribution is 6.01. The Morgan fingerprint density at radius 3 is 2.03 bits per heavy atom. The van der Waals surface area contributed by atoms with Gasteiger partial charge in [-0.05, 0) is 55.5 Å². The fourth-order valence-electron chi connectivity index (χ4n) is 3.33. The smallest absolute Gasteiger partial charge is 0.338 e. The number of esters is 2. The van der Waals surface area contributed by atoms with Crippen molar-refractivity contribution in [2.24, 2.45) is 0 Å². The van der Waals surface area contributed by atoms with E-state index < -0.39 is 30.6 Å². The first-order valence-corrected chi connectivity index (χ1v) is 11.8. The van der Waals surface area contributed by atoms with E-state index in [1.165, 1.54) is 38.3 Å². The van der Waals surface area contributed by atoms with Crippen LogP contribution >= 0.6 is 0 Å². The Morgan fingerprint density at radius 1 is 0.763 bits per heavy atom. The summed E-state index contributed by atoms with van der Waals surface area (Å²) >= 11 is 0. The largest absolute Gasteiger partial charge is 0.497 e. The first-order chi connectivity index (χ1) is 18.3. The Bertz CT molecular complexity index is 1280. The summed E-state index contributed by atoms with van der Waals surface area (Å²) in [6.45, 7) is 1.07. The molecule has 0 fully saturated rings. The molecule has 38 heavy (non-hydrogen) atoms. The molecule has 0 radical (unpaired) electrons. The number of nitrogens with one attached hydrogen (secondary N) is 1. The van der Waals surface area contributed by atoms with Crippen molar-refractivity contribution in [3.8, 4) is 5.75 Å². The number of benzene rings is 3. The standard InChI is InChI=1S/C29H27NO8/c1-19(28(34)21-6-4-3-5-7-21)38-29(35)22-8-12-23(13-9-22)30-26(32)16-17-27(33)37-18-25(31)20-10-14-24(36-2)15-11-20/h3-15,19H,16-18H2,1-2H3,(H,30,32). The molecule has 0 heterocycles. The zero-order chi connectivity index (χ0) is 27.5. The number of ketones is 2. The second-order valence-electron chi connectivity index (χ2n) is 8.22. The van der Waals surface area contributed by atoms with Gasteiger partial charge >= 0.3 is 11.9 Å². The van der Waals surface area contributed by atoms with Crippen molar-refractivity contribution in [2.45, 2.75) is 25.9 Å². The number of Topliss-reactive ketones (excluding diaryl/α,β-unsaturated/α-hetero) is 2. The normalized spacial score (nSPS) is 11.1. The van der Waals surface area contributed by atoms with Gasteiger partial charge in [-0.1, -0.05) is 30.3 Å². The molecule has 0 spiro atoms. The maximum atomic E-state index is 12.4. The maximum Gasteiger partial charge on any atom is 0.338 e. The van der Waals surface area contributed by atoms with E-state index in [0.717, 1.165) is 0 Å². The fraction of sp³-hybridized carbons (Fsp3) is 0.207. The minimum Gasteiger partial charge on any atom is -0.497 e. The number of hydrogen-bond donors (Lipinski definition) is 1. The summed E-state index contributed by atoms with van der Waals surface area (Å²) in [4.78, 5) is 61.0. The van der Waals surface area contributed by atoms with Gasteiger partial charge < -0.3 is 19.5 Å². The van der Waals surface area contributed by atoms with Crippen molar-refractivity contribution in [3.63, 3.8) is 0 Å². The molecular weight excluding hydrogens is 490 g/mol. The molecule has 1 atom stereocenters. The average Bonchev–Trinajstić information content (AvgIpc) is 2.95. The third kappa shape index (κ3) is 8.12. The zero-order valence-corrected chi connectivity index (χ0v) is 21.0. The van der Waals surface area contributed by atoms with Crippen LogP contribution in [0.2, 0.25) is 0 Å². The lowest BCUT2D eigenvalue weighted by atomic mass is 10.1. The lowest BCUT2D eigenvalue weighted by Crippen LogP contribution is -2.24. The van der Waals surface area contributed by atoms with E-state index in [4.69, 9.17) is 14.2 Å². The molecule has 3 aromatic carbocycles. The van der Waals surface area contributed by atoms with Gasteiger partial charge in [-0.3, -0.25) is 19.2 Å². The van der Waals surface area contributed by atoms with Gasteiger partial charge in [0.2, 0.25) is 11.7 Å². The minimum absolute atomic E-state index is 0.154. The third-order valence-corrected chi connectivity index (χ3v) is 5.45. The maximum absolute atomic E-state index is 12.4. The number of ether oxygens (including phenoxy) is 3. The van der Waals surface area contributed by atoms with Crippen molar-refractivity contribution in [3.05, 3.63) is 95.6 Å². The molecule has 0 aliphatic carbocycles. The summed E-state index contributed by atoms with van der Waals surface area (Å²) in [5, 5.41) is 2.61. The number of anilines is 1. The van der Waals surface area contributed by atoms with E-state index in [1.54, 1.807) is 54.6 Å². The van der Waals surface area contributed by atoms with E-state index >= 15 is 0 Å². The number of carbonyl (C=O) groups is 5. The van der Waals surface area contributed by atoms with Crippen LogP contribution in [-0.2, 0) is 19.1 Å². The van der Waals surface area contributed by atoms with Crippen molar-refractivity contribution in [2.75, 3.05) is 19.0 Å². The second kappa shape index (κ2) is 13.5. The quantitative estimate of drug-likeness (QED) is 0.279. The van der Waals surface area contributed by atoms with Gasteiger partial charge in [-0.15, -0.1) is 0 Å². The van der Waals surface area contributed by atoms with Crippen LogP contribution in [0, 0.1) is 0 Å². The topological polar surface area (TPSA) is 125 Å². The molecule has 0 aliphatic heterocycles. The SMILES string of the molecule is COc1ccc(C(=O)COC(=O)CCC(=O)Nc2ccc(C(=O)OC(C)C(=O)c3ccccc3)cc2)cc1. The molecule has 9 nitrogen and oxygen atoms in total. The van der Waals surface area contributed by atoms with E-state index in [9.17, 15) is 24.0 Å². The van der Waals surface area contributed by atoms with Crippen LogP contribution in [0.1, 0.15) is 50.8 Å². The molecule has 0 aromatic heterocycles. The highest BCUT2D eigenvalue weighted by Crippen LogP contribution is 2.14. The molecule has 196 valence electrons. The molecule has 1 amide bonds. The highest BCUT2D eigenvalue weighted by atomic mass is 16.5. The number of hydrogen-bond acceptors (Lipinski definition) is 8. The zero-order valence-electron chi connectivity index (χ0n) is 21.0. The van der Waals surface area contributed by atoms with Gasteiger partial charge in [0.25, 0.3) is 0 Å². The van der Waals surface area contributed by atoms with E-state index in [1.807, 2.05) is 0 Å². The Labute approximate surface area is 219 Å². The number of amides is 1. The van der Waals surface area contributed by atoms with Gasteiger partial charge in [0.05, 0.1) is 19.1 Å². The second-order valence-corrected chi connectivity index (χ2v) is 8.22. The predicted octanol–water partition coefficient (Wildman–Crippen LogP) is 4.27. The number of carbonyl (C=O) groups excluding carboxylic acids is 5. The Morgan fingerprint density at radius 2 is 1.39 bits per heavy atom. The van der Waals surface area contributed by atoms with Crippen molar-refractivity contribution in [1.82, 2.24) is 0 Å². The first kappa shape index (κ1) is 27.8. The van der Waals surface area contributed by atoms with Crippen LogP contribution in [0.5, 0.6) is 5.75 Å². The lowest BCUT2D eigenvalue weighted by Gasteiger charge is -2.12. The lowest BCUT2D eigenvalue weighted by molar-refractivity contribution is -0.143. The van der Waals surface area contributed by atoms with Gasteiger partial charge in [-0.2, -0.15) is 0 Å². The molecule has 1 N–H and O–H groups in total. The van der Waals surface area contributed by atoms with Crippen molar-refractivity contribution < 1.29 is 38.2 Å². The van der Waals surface area contributed by atoms with Crippen LogP contribution in [-0.4, -0.2) is 49.2 Å². The monoisotopic (exact) mass is 517 g/mol. The third-order valence-electron chi connectivity index (χ3n) is 5.45. The van der Waals surface area contributed by atoms with Crippen LogP contribution in [0.4, 0.5) is 5.69 Å². The molecule has 1 unspecified atom stereocenters. The Hall–Kier alpha value is -4.79. The summed E-state index contributed by atoms with van der Waals surface area (Å²) in [5.74, 6) is -1.88. The molecule has 0 bridgehead atoms. The summed E-state index contributed by atoms with van der Waals surface area (Å²) in [6.07, 6.45) is -1.33. The molecule has 0 aliphatic rings. The van der Waals surface area contributed by atoms with Crippen LogP contribution in [0.15, 0.2) is 78.9 Å².